The minimum atomic E-state index is -0.191. The molecule has 4 nitrogen and oxygen atoms in total. The molecular weight excluding hydrogens is 264 g/mol. The summed E-state index contributed by atoms with van der Waals surface area (Å²) in [6.07, 6.45) is 3.34. The van der Waals surface area contributed by atoms with Crippen LogP contribution in [0.25, 0.3) is 0 Å². The molecule has 1 heterocycles. The predicted molar refractivity (Wildman–Crippen MR) is 80.0 cm³/mol. The highest BCUT2D eigenvalue weighted by molar-refractivity contribution is 5.91. The molecule has 0 bridgehead atoms. The van der Waals surface area contributed by atoms with Gasteiger partial charge in [0.1, 0.15) is 0 Å². The summed E-state index contributed by atoms with van der Waals surface area (Å²) in [6, 6.07) is 10.1. The molecule has 1 N–H and O–H groups in total. The van der Waals surface area contributed by atoms with Crippen molar-refractivity contribution in [3.8, 4) is 0 Å². The molecule has 1 aromatic carbocycles. The van der Waals surface area contributed by atoms with Gasteiger partial charge in [0.05, 0.1) is 11.7 Å². The van der Waals surface area contributed by atoms with Crippen molar-refractivity contribution in [2.75, 3.05) is 0 Å². The Morgan fingerprint density at radius 2 is 2.19 bits per heavy atom. The van der Waals surface area contributed by atoms with E-state index in [2.05, 4.69) is 35.6 Å². The van der Waals surface area contributed by atoms with Gasteiger partial charge >= 0.3 is 0 Å². The highest BCUT2D eigenvalue weighted by Crippen LogP contribution is 2.33. The molecule has 0 aliphatic heterocycles. The second-order valence-corrected chi connectivity index (χ2v) is 5.85. The molecule has 1 amide bonds. The number of aryl methyl sites for hydroxylation is 2. The fraction of sp³-hybridized carbons (Fsp3) is 0.412. The zero-order valence-corrected chi connectivity index (χ0v) is 12.4. The van der Waals surface area contributed by atoms with E-state index >= 15 is 0 Å². The van der Waals surface area contributed by atoms with Gasteiger partial charge in [-0.1, -0.05) is 36.3 Å². The number of nitrogens with zero attached hydrogens (tertiary/aromatic N) is 1. The van der Waals surface area contributed by atoms with Gasteiger partial charge in [0.25, 0.3) is 5.91 Å². The Morgan fingerprint density at radius 3 is 2.95 bits per heavy atom. The lowest BCUT2D eigenvalue weighted by Gasteiger charge is -2.24. The van der Waals surface area contributed by atoms with Crippen LogP contribution in [0.2, 0.25) is 0 Å². The number of hydrogen-bond donors (Lipinski definition) is 1. The van der Waals surface area contributed by atoms with Crippen LogP contribution in [0.5, 0.6) is 0 Å². The van der Waals surface area contributed by atoms with Gasteiger partial charge in [0, 0.05) is 6.07 Å². The second-order valence-electron chi connectivity index (χ2n) is 5.85. The van der Waals surface area contributed by atoms with E-state index in [4.69, 9.17) is 4.52 Å². The van der Waals surface area contributed by atoms with Crippen molar-refractivity contribution < 1.29 is 9.32 Å². The lowest BCUT2D eigenvalue weighted by molar-refractivity contribution is 0.0885. The lowest BCUT2D eigenvalue weighted by atomic mass is 9.92. The molecule has 0 fully saturated rings. The van der Waals surface area contributed by atoms with E-state index in [-0.39, 0.29) is 17.7 Å². The van der Waals surface area contributed by atoms with E-state index < -0.39 is 0 Å². The third-order valence-electron chi connectivity index (χ3n) is 4.20. The van der Waals surface area contributed by atoms with Crippen LogP contribution < -0.4 is 5.32 Å². The van der Waals surface area contributed by atoms with Gasteiger partial charge in [-0.3, -0.25) is 4.79 Å². The van der Waals surface area contributed by atoms with Crippen molar-refractivity contribution in [3.05, 3.63) is 52.9 Å². The first kappa shape index (κ1) is 13.9. The number of benzene rings is 1. The van der Waals surface area contributed by atoms with Crippen molar-refractivity contribution in [3.63, 3.8) is 0 Å². The first-order valence-corrected chi connectivity index (χ1v) is 7.47. The smallest absolute Gasteiger partial charge is 0.290 e. The van der Waals surface area contributed by atoms with E-state index in [9.17, 15) is 4.79 Å². The molecule has 0 radical (unpaired) electrons. The summed E-state index contributed by atoms with van der Waals surface area (Å²) >= 11 is 0. The highest BCUT2D eigenvalue weighted by atomic mass is 16.5. The number of fused-ring (bicyclic) bond motifs is 1. The maximum Gasteiger partial charge on any atom is 0.290 e. The number of nitrogens with one attached hydrogen (secondary N) is 1. The van der Waals surface area contributed by atoms with Gasteiger partial charge in [-0.15, -0.1) is 0 Å². The summed E-state index contributed by atoms with van der Waals surface area (Å²) in [5, 5.41) is 6.90. The SMILES string of the molecule is Cc1cc(C(=O)NC2c3ccccc3CCCC2C)on1. The van der Waals surface area contributed by atoms with Crippen LogP contribution in [0, 0.1) is 12.8 Å². The summed E-state index contributed by atoms with van der Waals surface area (Å²) in [7, 11) is 0. The van der Waals surface area contributed by atoms with E-state index in [1.54, 1.807) is 6.07 Å². The number of rotatable bonds is 2. The molecule has 0 spiro atoms. The Kier molecular flexibility index (Phi) is 3.78. The molecule has 2 atom stereocenters. The maximum atomic E-state index is 12.3. The van der Waals surface area contributed by atoms with Crippen molar-refractivity contribution in [2.45, 2.75) is 39.2 Å². The van der Waals surface area contributed by atoms with E-state index in [1.807, 2.05) is 13.0 Å². The summed E-state index contributed by atoms with van der Waals surface area (Å²) in [5.41, 5.74) is 3.28. The summed E-state index contributed by atoms with van der Waals surface area (Å²) < 4.78 is 5.06. The number of carbonyl (C=O) groups is 1. The van der Waals surface area contributed by atoms with Gasteiger partial charge in [-0.2, -0.15) is 0 Å². The first-order chi connectivity index (χ1) is 10.1. The molecule has 110 valence electrons. The largest absolute Gasteiger partial charge is 0.351 e. The third-order valence-corrected chi connectivity index (χ3v) is 4.20. The Labute approximate surface area is 124 Å². The van der Waals surface area contributed by atoms with Gasteiger partial charge in [0.15, 0.2) is 0 Å². The van der Waals surface area contributed by atoms with Crippen LogP contribution in [0.15, 0.2) is 34.9 Å². The number of amides is 1. The number of hydrogen-bond acceptors (Lipinski definition) is 3. The van der Waals surface area contributed by atoms with E-state index in [0.717, 1.165) is 25.0 Å². The van der Waals surface area contributed by atoms with Crippen LogP contribution in [0.3, 0.4) is 0 Å². The minimum absolute atomic E-state index is 0.0293. The highest BCUT2D eigenvalue weighted by Gasteiger charge is 2.27. The molecule has 21 heavy (non-hydrogen) atoms. The monoisotopic (exact) mass is 284 g/mol. The molecular formula is C17H20N2O2. The topological polar surface area (TPSA) is 55.1 Å². The van der Waals surface area contributed by atoms with Crippen molar-refractivity contribution in [1.29, 1.82) is 0 Å². The van der Waals surface area contributed by atoms with Gasteiger partial charge in [-0.05, 0) is 43.2 Å². The van der Waals surface area contributed by atoms with Crippen molar-refractivity contribution in [2.24, 2.45) is 5.92 Å². The van der Waals surface area contributed by atoms with Crippen LogP contribution in [-0.2, 0) is 6.42 Å². The van der Waals surface area contributed by atoms with Crippen molar-refractivity contribution in [1.82, 2.24) is 10.5 Å². The maximum absolute atomic E-state index is 12.3. The first-order valence-electron chi connectivity index (χ1n) is 7.47. The summed E-state index contributed by atoms with van der Waals surface area (Å²) in [5.74, 6) is 0.493. The molecule has 2 aromatic rings. The predicted octanol–water partition coefficient (Wildman–Crippen LogP) is 3.43. The Bertz CT molecular complexity index is 648. The Morgan fingerprint density at radius 1 is 1.38 bits per heavy atom. The molecule has 4 heteroatoms. The third kappa shape index (κ3) is 2.84. The van der Waals surface area contributed by atoms with Gasteiger partial charge in [-0.25, -0.2) is 0 Å². The molecule has 1 aliphatic rings. The average molecular weight is 284 g/mol. The molecule has 3 rings (SSSR count). The van der Waals surface area contributed by atoms with Crippen LogP contribution >= 0.6 is 0 Å². The minimum Gasteiger partial charge on any atom is -0.351 e. The Hall–Kier alpha value is -2.10. The van der Waals surface area contributed by atoms with Crippen LogP contribution in [-0.4, -0.2) is 11.1 Å². The van der Waals surface area contributed by atoms with Crippen LogP contribution in [0.1, 0.15) is 53.2 Å². The summed E-state index contributed by atoms with van der Waals surface area (Å²) in [4.78, 5) is 12.3. The molecule has 0 saturated carbocycles. The van der Waals surface area contributed by atoms with Gasteiger partial charge in [0.2, 0.25) is 5.76 Å². The zero-order valence-electron chi connectivity index (χ0n) is 12.4. The lowest BCUT2D eigenvalue weighted by Crippen LogP contribution is -2.32. The normalized spacial score (nSPS) is 21.4. The standard InChI is InChI=1S/C17H20N2O2/c1-11-6-5-8-13-7-3-4-9-14(13)16(11)18-17(20)15-10-12(2)19-21-15/h3-4,7,9-11,16H,5-6,8H2,1-2H3,(H,18,20). The van der Waals surface area contributed by atoms with E-state index in [0.29, 0.717) is 5.92 Å². The van der Waals surface area contributed by atoms with Crippen molar-refractivity contribution >= 4 is 5.91 Å². The van der Waals surface area contributed by atoms with Crippen LogP contribution in [0.4, 0.5) is 0 Å². The fourth-order valence-corrected chi connectivity index (χ4v) is 3.06. The van der Waals surface area contributed by atoms with Gasteiger partial charge < -0.3 is 9.84 Å². The van der Waals surface area contributed by atoms with E-state index in [1.165, 1.54) is 11.1 Å². The number of aromatic nitrogens is 1. The zero-order chi connectivity index (χ0) is 14.8. The molecule has 2 unspecified atom stereocenters. The number of carbonyl (C=O) groups excluding carboxylic acids is 1. The average Bonchev–Trinajstić information content (AvgIpc) is 2.85. The summed E-state index contributed by atoms with van der Waals surface area (Å²) in [6.45, 7) is 4.00. The Balaban J connectivity index is 1.87. The quantitative estimate of drug-likeness (QED) is 0.860. The fourth-order valence-electron chi connectivity index (χ4n) is 3.06. The molecule has 1 aliphatic carbocycles. The molecule has 0 saturated heterocycles. The molecule has 1 aromatic heterocycles. The second kappa shape index (κ2) is 5.72.